The van der Waals surface area contributed by atoms with Gasteiger partial charge in [-0.1, -0.05) is 12.6 Å². The predicted molar refractivity (Wildman–Crippen MR) is 152 cm³/mol. The maximum Gasteiger partial charge on any atom is 0.319 e. The lowest BCUT2D eigenvalue weighted by Crippen LogP contribution is -2.63. The third-order valence-corrected chi connectivity index (χ3v) is 9.46. The summed E-state index contributed by atoms with van der Waals surface area (Å²) in [5.74, 6) is -1.44. The van der Waals surface area contributed by atoms with Crippen LogP contribution in [0.1, 0.15) is 43.2 Å². The Kier molecular flexibility index (Phi) is 6.60. The maximum absolute atomic E-state index is 16.5. The number of halogens is 2. The highest BCUT2D eigenvalue weighted by Crippen LogP contribution is 2.42. The number of rotatable bonds is 6. The quantitative estimate of drug-likeness (QED) is 0.413. The van der Waals surface area contributed by atoms with Crippen molar-refractivity contribution in [2.24, 2.45) is 0 Å². The standard InChI is InChI=1S/C31H34F2N6O2/c1-18(32)30(40)38-13-11-25-26(38)16-39(25)29-23-10-9-22(24-15-34-14-19-6-3-4-8-21(19)24)27(33)28(23)35-31(36-29)41-17-20-7-5-12-37(20)2/h9-10,14-15,20,25-26H,1,3-8,11-13,16-17H2,2H3/t20-,25+,26+/m0/s1. The second-order valence-electron chi connectivity index (χ2n) is 11.8. The molecule has 3 aromatic rings. The van der Waals surface area contributed by atoms with E-state index in [1.54, 1.807) is 17.2 Å². The second-order valence-corrected chi connectivity index (χ2v) is 11.8. The van der Waals surface area contributed by atoms with Gasteiger partial charge in [0, 0.05) is 48.0 Å². The van der Waals surface area contributed by atoms with Gasteiger partial charge in [0.15, 0.2) is 11.6 Å². The van der Waals surface area contributed by atoms with Gasteiger partial charge in [-0.25, -0.2) is 8.78 Å². The van der Waals surface area contributed by atoms with E-state index in [0.717, 1.165) is 56.2 Å². The molecule has 1 aromatic carbocycles. The molecule has 10 heteroatoms. The maximum atomic E-state index is 16.5. The number of ether oxygens (including phenoxy) is 1. The number of pyridine rings is 1. The van der Waals surface area contributed by atoms with Gasteiger partial charge in [-0.15, -0.1) is 0 Å². The number of hydrogen-bond donors (Lipinski definition) is 0. The number of carbonyl (C=O) groups is 1. The van der Waals surface area contributed by atoms with Crippen LogP contribution in [-0.4, -0.2) is 82.1 Å². The monoisotopic (exact) mass is 560 g/mol. The number of fused-ring (bicyclic) bond motifs is 3. The Morgan fingerprint density at radius 1 is 1.07 bits per heavy atom. The van der Waals surface area contributed by atoms with Gasteiger partial charge in [0.25, 0.3) is 5.91 Å². The summed E-state index contributed by atoms with van der Waals surface area (Å²) in [7, 11) is 2.08. The number of benzene rings is 1. The fourth-order valence-corrected chi connectivity index (χ4v) is 7.14. The van der Waals surface area contributed by atoms with E-state index in [2.05, 4.69) is 33.4 Å². The number of carbonyl (C=O) groups excluding carboxylic acids is 1. The van der Waals surface area contributed by atoms with Crippen LogP contribution in [0, 0.1) is 5.82 Å². The SMILES string of the molecule is C=C(F)C(=O)N1CC[C@@H]2[C@H]1CN2c1nc(OC[C@@H]2CCCN2C)nc2c(F)c(-c3cncc4c3CCCC4)ccc12. The van der Waals surface area contributed by atoms with Gasteiger partial charge < -0.3 is 19.4 Å². The third kappa shape index (κ3) is 4.43. The largest absolute Gasteiger partial charge is 0.462 e. The Balaban J connectivity index is 1.28. The van der Waals surface area contributed by atoms with E-state index in [-0.39, 0.29) is 29.7 Å². The van der Waals surface area contributed by atoms with Crippen molar-refractivity contribution in [3.63, 3.8) is 0 Å². The Bertz CT molecular complexity index is 1550. The lowest BCUT2D eigenvalue weighted by atomic mass is 9.87. The first kappa shape index (κ1) is 26.3. The minimum atomic E-state index is -0.948. The molecule has 3 saturated heterocycles. The van der Waals surface area contributed by atoms with Crippen molar-refractivity contribution in [1.82, 2.24) is 24.8 Å². The smallest absolute Gasteiger partial charge is 0.319 e. The first-order chi connectivity index (χ1) is 19.9. The van der Waals surface area contributed by atoms with Crippen LogP contribution in [0.2, 0.25) is 0 Å². The summed E-state index contributed by atoms with van der Waals surface area (Å²) in [5.41, 5.74) is 3.86. The van der Waals surface area contributed by atoms with E-state index in [0.29, 0.717) is 42.9 Å². The highest BCUT2D eigenvalue weighted by atomic mass is 19.1. The zero-order chi connectivity index (χ0) is 28.2. The Hall–Kier alpha value is -3.66. The van der Waals surface area contributed by atoms with Crippen molar-refractivity contribution in [2.75, 3.05) is 38.2 Å². The van der Waals surface area contributed by atoms with Crippen LogP contribution in [0.4, 0.5) is 14.6 Å². The molecular weight excluding hydrogens is 526 g/mol. The Morgan fingerprint density at radius 3 is 2.73 bits per heavy atom. The molecule has 5 heterocycles. The van der Waals surface area contributed by atoms with E-state index in [1.807, 2.05) is 12.3 Å². The summed E-state index contributed by atoms with van der Waals surface area (Å²) < 4.78 is 36.3. The van der Waals surface area contributed by atoms with Crippen LogP contribution in [0.3, 0.4) is 0 Å². The first-order valence-electron chi connectivity index (χ1n) is 14.6. The van der Waals surface area contributed by atoms with E-state index in [1.165, 1.54) is 5.56 Å². The van der Waals surface area contributed by atoms with Crippen molar-refractivity contribution in [3.05, 3.63) is 53.9 Å². The fourth-order valence-electron chi connectivity index (χ4n) is 7.14. The van der Waals surface area contributed by atoms with Gasteiger partial charge >= 0.3 is 6.01 Å². The van der Waals surface area contributed by atoms with Crippen LogP contribution in [0.25, 0.3) is 22.0 Å². The molecule has 3 aliphatic heterocycles. The highest BCUT2D eigenvalue weighted by Gasteiger charge is 2.50. The number of anilines is 1. The molecule has 3 atom stereocenters. The highest BCUT2D eigenvalue weighted by molar-refractivity contribution is 5.95. The molecule has 0 radical (unpaired) electrons. The Labute approximate surface area is 238 Å². The molecule has 0 bridgehead atoms. The molecule has 0 N–H and O–H groups in total. The van der Waals surface area contributed by atoms with Crippen LogP contribution >= 0.6 is 0 Å². The molecule has 41 heavy (non-hydrogen) atoms. The van der Waals surface area contributed by atoms with Crippen LogP contribution in [-0.2, 0) is 17.6 Å². The molecule has 0 unspecified atom stereocenters. The Morgan fingerprint density at radius 2 is 1.93 bits per heavy atom. The number of aromatic nitrogens is 3. The number of likely N-dealkylation sites (N-methyl/N-ethyl adjacent to an activating group) is 1. The summed E-state index contributed by atoms with van der Waals surface area (Å²) in [6.07, 6.45) is 10.5. The van der Waals surface area contributed by atoms with Gasteiger partial charge in [-0.05, 0) is 75.7 Å². The molecule has 1 amide bonds. The predicted octanol–water partition coefficient (Wildman–Crippen LogP) is 4.46. The van der Waals surface area contributed by atoms with Gasteiger partial charge in [0.1, 0.15) is 17.9 Å². The number of hydrogen-bond acceptors (Lipinski definition) is 7. The summed E-state index contributed by atoms with van der Waals surface area (Å²) >= 11 is 0. The molecule has 2 aromatic heterocycles. The minimum Gasteiger partial charge on any atom is -0.462 e. The summed E-state index contributed by atoms with van der Waals surface area (Å²) in [6.45, 7) is 5.54. The van der Waals surface area contributed by atoms with Crippen molar-refractivity contribution < 1.29 is 18.3 Å². The third-order valence-electron chi connectivity index (χ3n) is 9.46. The van der Waals surface area contributed by atoms with Crippen LogP contribution in [0.15, 0.2) is 36.9 Å². The molecule has 4 aliphatic rings. The van der Waals surface area contributed by atoms with Gasteiger partial charge in [-0.3, -0.25) is 9.78 Å². The summed E-state index contributed by atoms with van der Waals surface area (Å²) in [5, 5.41) is 0.590. The topological polar surface area (TPSA) is 74.7 Å². The van der Waals surface area contributed by atoms with E-state index in [9.17, 15) is 9.18 Å². The van der Waals surface area contributed by atoms with E-state index in [4.69, 9.17) is 9.72 Å². The molecule has 0 spiro atoms. The molecule has 8 nitrogen and oxygen atoms in total. The molecule has 0 saturated carbocycles. The molecular formula is C31H34F2N6O2. The molecule has 3 fully saturated rings. The first-order valence-corrected chi connectivity index (χ1v) is 14.6. The normalized spacial score (nSPS) is 23.8. The number of amides is 1. The van der Waals surface area contributed by atoms with Crippen molar-refractivity contribution in [2.45, 2.75) is 63.1 Å². The lowest BCUT2D eigenvalue weighted by Gasteiger charge is -2.47. The average Bonchev–Trinajstić information content (AvgIpc) is 3.53. The van der Waals surface area contributed by atoms with Crippen molar-refractivity contribution in [3.8, 4) is 17.1 Å². The van der Waals surface area contributed by atoms with Gasteiger partial charge in [0.2, 0.25) is 0 Å². The van der Waals surface area contributed by atoms with Crippen molar-refractivity contribution in [1.29, 1.82) is 0 Å². The van der Waals surface area contributed by atoms with Crippen molar-refractivity contribution >= 4 is 22.6 Å². The summed E-state index contributed by atoms with van der Waals surface area (Å²) in [4.78, 5) is 32.0. The fraction of sp³-hybridized carbons (Fsp3) is 0.484. The van der Waals surface area contributed by atoms with Gasteiger partial charge in [0.05, 0.1) is 12.1 Å². The molecule has 214 valence electrons. The van der Waals surface area contributed by atoms with Crippen LogP contribution < -0.4 is 9.64 Å². The second kappa shape index (κ2) is 10.3. The lowest BCUT2D eigenvalue weighted by molar-refractivity contribution is -0.130. The number of aryl methyl sites for hydroxylation is 1. The summed E-state index contributed by atoms with van der Waals surface area (Å²) in [6, 6.07) is 3.91. The average molecular weight is 561 g/mol. The minimum absolute atomic E-state index is 0.0432. The zero-order valence-electron chi connectivity index (χ0n) is 23.3. The molecule has 1 aliphatic carbocycles. The number of nitrogens with zero attached hydrogens (tertiary/aromatic N) is 6. The molecule has 7 rings (SSSR count). The van der Waals surface area contributed by atoms with E-state index >= 15 is 4.39 Å². The zero-order valence-corrected chi connectivity index (χ0v) is 23.3. The number of likely N-dealkylation sites (tertiary alicyclic amines) is 2. The van der Waals surface area contributed by atoms with Crippen LogP contribution in [0.5, 0.6) is 6.01 Å². The van der Waals surface area contributed by atoms with E-state index < -0.39 is 17.6 Å². The van der Waals surface area contributed by atoms with Gasteiger partial charge in [-0.2, -0.15) is 9.97 Å².